The van der Waals surface area contributed by atoms with Gasteiger partial charge in [0.1, 0.15) is 4.91 Å². The van der Waals surface area contributed by atoms with E-state index in [-0.39, 0.29) is 28.6 Å². The van der Waals surface area contributed by atoms with E-state index in [2.05, 4.69) is 5.32 Å². The number of benzene rings is 1. The molecule has 0 fully saturated rings. The number of carbonyl (C=O) groups is 2. The summed E-state index contributed by atoms with van der Waals surface area (Å²) < 4.78 is 12.3. The van der Waals surface area contributed by atoms with Crippen LogP contribution < -0.4 is 5.32 Å². The molecule has 4 rings (SSSR count). The molecular weight excluding hydrogens is 298 g/mol. The van der Waals surface area contributed by atoms with Gasteiger partial charge >= 0.3 is 0 Å². The maximum Gasteiger partial charge on any atom is 0.204 e. The van der Waals surface area contributed by atoms with Gasteiger partial charge in [-0.05, 0) is 48.4 Å². The van der Waals surface area contributed by atoms with Gasteiger partial charge in [-0.25, -0.2) is 0 Å². The van der Waals surface area contributed by atoms with Gasteiger partial charge in [0.2, 0.25) is 5.78 Å². The average Bonchev–Trinajstić information content (AvgIpc) is 2.62. The Morgan fingerprint density at radius 3 is 2.50 bits per heavy atom. The standard InChI is InChI=1S/C17H17NO3S/c19-14-9-12-7-10-3-1-2-4-11(10)8-13(12)16(20)17-15(14)18-5-6-22(17)21/h7-8,18H,1-6,9H2. The quantitative estimate of drug-likeness (QED) is 0.787. The van der Waals surface area contributed by atoms with Crippen molar-refractivity contribution in [3.05, 3.63) is 45.0 Å². The van der Waals surface area contributed by atoms with Crippen LogP contribution in [-0.2, 0) is 34.9 Å². The monoisotopic (exact) mass is 315 g/mol. The normalized spacial score (nSPS) is 24.1. The van der Waals surface area contributed by atoms with E-state index in [0.717, 1.165) is 31.2 Å². The topological polar surface area (TPSA) is 63.2 Å². The van der Waals surface area contributed by atoms with Gasteiger partial charge in [0, 0.05) is 24.3 Å². The molecule has 1 aromatic rings. The Kier molecular flexibility index (Phi) is 3.26. The van der Waals surface area contributed by atoms with E-state index in [1.54, 1.807) is 0 Å². The zero-order valence-corrected chi connectivity index (χ0v) is 13.1. The minimum Gasteiger partial charge on any atom is -0.380 e. The van der Waals surface area contributed by atoms with Crippen molar-refractivity contribution in [3.63, 3.8) is 0 Å². The summed E-state index contributed by atoms with van der Waals surface area (Å²) >= 11 is 0. The van der Waals surface area contributed by atoms with Crippen LogP contribution in [0.4, 0.5) is 0 Å². The fourth-order valence-corrected chi connectivity index (χ4v) is 4.81. The van der Waals surface area contributed by atoms with Crippen molar-refractivity contribution >= 4 is 22.4 Å². The smallest absolute Gasteiger partial charge is 0.204 e. The molecule has 4 nitrogen and oxygen atoms in total. The molecule has 1 aromatic carbocycles. The lowest BCUT2D eigenvalue weighted by Crippen LogP contribution is -2.34. The average molecular weight is 315 g/mol. The van der Waals surface area contributed by atoms with E-state index < -0.39 is 10.8 Å². The van der Waals surface area contributed by atoms with Crippen LogP contribution in [0.1, 0.15) is 39.9 Å². The van der Waals surface area contributed by atoms with E-state index in [1.165, 1.54) is 11.1 Å². The Morgan fingerprint density at radius 1 is 1.00 bits per heavy atom. The number of hydrogen-bond donors (Lipinski definition) is 1. The molecule has 114 valence electrons. The van der Waals surface area contributed by atoms with Gasteiger partial charge in [-0.3, -0.25) is 13.8 Å². The van der Waals surface area contributed by atoms with Gasteiger partial charge in [-0.1, -0.05) is 6.07 Å². The van der Waals surface area contributed by atoms with E-state index >= 15 is 0 Å². The van der Waals surface area contributed by atoms with Crippen LogP contribution in [0.5, 0.6) is 0 Å². The Balaban J connectivity index is 1.90. The minimum atomic E-state index is -1.38. The van der Waals surface area contributed by atoms with E-state index in [9.17, 15) is 13.8 Å². The van der Waals surface area contributed by atoms with Gasteiger partial charge in [0.15, 0.2) is 5.78 Å². The molecule has 0 saturated heterocycles. The third-order valence-electron chi connectivity index (χ3n) is 4.69. The number of nitrogens with one attached hydrogen (secondary N) is 1. The summed E-state index contributed by atoms with van der Waals surface area (Å²) in [5.41, 5.74) is 4.13. The molecule has 0 bridgehead atoms. The molecule has 0 spiro atoms. The van der Waals surface area contributed by atoms with Crippen molar-refractivity contribution < 1.29 is 13.8 Å². The molecule has 0 aromatic heterocycles. The number of Topliss-reactive ketones (excluding diaryl/α,β-unsaturated/α-hetero) is 2. The Bertz CT molecular complexity index is 763. The second kappa shape index (κ2) is 5.16. The predicted molar refractivity (Wildman–Crippen MR) is 84.2 cm³/mol. The summed E-state index contributed by atoms with van der Waals surface area (Å²) in [5.74, 6) is 0.0404. The van der Waals surface area contributed by atoms with Gasteiger partial charge in [0.25, 0.3) is 0 Å². The lowest BCUT2D eigenvalue weighted by atomic mass is 9.86. The number of aryl methyl sites for hydroxylation is 2. The molecule has 22 heavy (non-hydrogen) atoms. The second-order valence-electron chi connectivity index (χ2n) is 6.09. The highest BCUT2D eigenvalue weighted by Gasteiger charge is 2.34. The fraction of sp³-hybridized carbons (Fsp3) is 0.412. The van der Waals surface area contributed by atoms with Gasteiger partial charge in [-0.15, -0.1) is 0 Å². The molecule has 2 aliphatic carbocycles. The van der Waals surface area contributed by atoms with Crippen molar-refractivity contribution in [2.75, 3.05) is 12.3 Å². The van der Waals surface area contributed by atoms with Crippen LogP contribution in [0, 0.1) is 0 Å². The highest BCUT2D eigenvalue weighted by Crippen LogP contribution is 2.31. The Hall–Kier alpha value is -1.75. The molecule has 1 atom stereocenters. The lowest BCUT2D eigenvalue weighted by molar-refractivity contribution is -0.115. The summed E-state index contributed by atoms with van der Waals surface area (Å²) in [7, 11) is -1.38. The van der Waals surface area contributed by atoms with Crippen molar-refractivity contribution in [2.24, 2.45) is 0 Å². The number of allylic oxidation sites excluding steroid dienone is 2. The third kappa shape index (κ3) is 2.07. The van der Waals surface area contributed by atoms with E-state index in [0.29, 0.717) is 17.9 Å². The second-order valence-corrected chi connectivity index (χ2v) is 7.60. The fourth-order valence-electron chi connectivity index (χ4n) is 3.59. The molecular formula is C17H17NO3S. The summed E-state index contributed by atoms with van der Waals surface area (Å²) in [5, 5.41) is 2.99. The Morgan fingerprint density at radius 2 is 1.73 bits per heavy atom. The predicted octanol–water partition coefficient (Wildman–Crippen LogP) is 1.44. The molecule has 1 N–H and O–H groups in total. The largest absolute Gasteiger partial charge is 0.380 e. The first-order valence-electron chi connectivity index (χ1n) is 7.74. The number of hydrogen-bond acceptors (Lipinski definition) is 4. The number of carbonyl (C=O) groups excluding carboxylic acids is 2. The zero-order valence-electron chi connectivity index (χ0n) is 12.2. The van der Waals surface area contributed by atoms with Crippen LogP contribution in [0.25, 0.3) is 0 Å². The maximum absolute atomic E-state index is 12.9. The first kappa shape index (κ1) is 13.9. The number of fused-ring (bicyclic) bond motifs is 2. The van der Waals surface area contributed by atoms with Crippen molar-refractivity contribution in [2.45, 2.75) is 32.1 Å². The summed E-state index contributed by atoms with van der Waals surface area (Å²) in [6.07, 6.45) is 4.52. The molecule has 0 radical (unpaired) electrons. The summed E-state index contributed by atoms with van der Waals surface area (Å²) in [6, 6.07) is 3.97. The van der Waals surface area contributed by atoms with Gasteiger partial charge in [0.05, 0.1) is 16.5 Å². The van der Waals surface area contributed by atoms with Crippen LogP contribution >= 0.6 is 0 Å². The van der Waals surface area contributed by atoms with Crippen molar-refractivity contribution in [1.29, 1.82) is 0 Å². The highest BCUT2D eigenvalue weighted by molar-refractivity contribution is 7.90. The van der Waals surface area contributed by atoms with E-state index in [4.69, 9.17) is 0 Å². The Labute approximate surface area is 131 Å². The zero-order chi connectivity index (χ0) is 15.3. The molecule has 3 aliphatic rings. The number of ketones is 2. The summed E-state index contributed by atoms with van der Waals surface area (Å²) in [6.45, 7) is 0.483. The summed E-state index contributed by atoms with van der Waals surface area (Å²) in [4.78, 5) is 25.5. The lowest BCUT2D eigenvalue weighted by Gasteiger charge is -2.19. The van der Waals surface area contributed by atoms with Crippen LogP contribution in [0.2, 0.25) is 0 Å². The number of rotatable bonds is 0. The van der Waals surface area contributed by atoms with Crippen molar-refractivity contribution in [3.8, 4) is 0 Å². The molecule has 1 aliphatic heterocycles. The van der Waals surface area contributed by atoms with E-state index in [1.807, 2.05) is 12.1 Å². The first-order chi connectivity index (χ1) is 10.6. The van der Waals surface area contributed by atoms with Gasteiger partial charge < -0.3 is 5.32 Å². The van der Waals surface area contributed by atoms with Crippen molar-refractivity contribution in [1.82, 2.24) is 5.32 Å². The van der Waals surface area contributed by atoms with Gasteiger partial charge in [-0.2, -0.15) is 0 Å². The van der Waals surface area contributed by atoms with Crippen LogP contribution in [0.15, 0.2) is 22.7 Å². The maximum atomic E-state index is 12.9. The molecule has 5 heteroatoms. The SMILES string of the molecule is O=C1Cc2cc3c(cc2C(=O)C2=C1NCCS2=O)CCCC3. The molecule has 1 heterocycles. The third-order valence-corrected chi connectivity index (χ3v) is 6.11. The van der Waals surface area contributed by atoms with Crippen LogP contribution in [0.3, 0.4) is 0 Å². The van der Waals surface area contributed by atoms with Crippen LogP contribution in [-0.4, -0.2) is 28.1 Å². The highest BCUT2D eigenvalue weighted by atomic mass is 32.2. The molecule has 0 amide bonds. The minimum absolute atomic E-state index is 0.120. The molecule has 0 saturated carbocycles. The molecule has 1 unspecified atom stereocenters. The first-order valence-corrected chi connectivity index (χ1v) is 9.06.